The van der Waals surface area contributed by atoms with Crippen molar-refractivity contribution in [2.45, 2.75) is 26.3 Å². The molecule has 2 amide bonds. The summed E-state index contributed by atoms with van der Waals surface area (Å²) in [5.41, 5.74) is 3.54. The van der Waals surface area contributed by atoms with Gasteiger partial charge >= 0.3 is 0 Å². The normalized spacial score (nSPS) is 14.7. The number of Topliss-reactive ketones (excluding diaryl/α,β-unsaturated/α-hetero) is 1. The van der Waals surface area contributed by atoms with Crippen LogP contribution in [0.4, 0.5) is 11.5 Å². The Bertz CT molecular complexity index is 1180. The van der Waals surface area contributed by atoms with Crippen molar-refractivity contribution in [1.82, 2.24) is 9.78 Å². The molecule has 0 saturated carbocycles. The second kappa shape index (κ2) is 8.06. The minimum atomic E-state index is -0.746. The highest BCUT2D eigenvalue weighted by molar-refractivity contribution is 6.04. The van der Waals surface area contributed by atoms with Crippen LogP contribution in [0.2, 0.25) is 0 Å². The van der Waals surface area contributed by atoms with Gasteiger partial charge in [-0.2, -0.15) is 5.10 Å². The number of aryl methyl sites for hydroxylation is 1. The Kier molecular flexibility index (Phi) is 5.29. The van der Waals surface area contributed by atoms with Gasteiger partial charge < -0.3 is 15.4 Å². The van der Waals surface area contributed by atoms with Crippen molar-refractivity contribution < 1.29 is 19.1 Å². The molecule has 0 radical (unpaired) electrons. The van der Waals surface area contributed by atoms with E-state index in [4.69, 9.17) is 4.74 Å². The molecule has 0 spiro atoms. The van der Waals surface area contributed by atoms with Gasteiger partial charge in [-0.3, -0.25) is 14.4 Å². The summed E-state index contributed by atoms with van der Waals surface area (Å²) in [5.74, 6) is 0.620. The van der Waals surface area contributed by atoms with Gasteiger partial charge in [0.2, 0.25) is 5.91 Å². The first-order chi connectivity index (χ1) is 14.9. The molecule has 0 saturated heterocycles. The van der Waals surface area contributed by atoms with E-state index in [1.807, 2.05) is 31.2 Å². The Morgan fingerprint density at radius 3 is 2.61 bits per heavy atom. The van der Waals surface area contributed by atoms with E-state index in [0.29, 0.717) is 22.8 Å². The molecule has 0 aliphatic carbocycles. The number of anilines is 2. The molecule has 158 valence electrons. The Hall–Kier alpha value is -3.94. The fraction of sp³-hybridized carbons (Fsp3) is 0.217. The molecule has 1 aliphatic heterocycles. The van der Waals surface area contributed by atoms with Gasteiger partial charge in [0, 0.05) is 16.8 Å². The first-order valence-corrected chi connectivity index (χ1v) is 9.82. The topological polar surface area (TPSA) is 102 Å². The van der Waals surface area contributed by atoms with Gasteiger partial charge in [-0.15, -0.1) is 0 Å². The van der Waals surface area contributed by atoms with E-state index < -0.39 is 6.04 Å². The van der Waals surface area contributed by atoms with Gasteiger partial charge in [0.25, 0.3) is 5.91 Å². The lowest BCUT2D eigenvalue weighted by atomic mass is 10.1. The third kappa shape index (κ3) is 3.92. The Labute approximate surface area is 179 Å². The molecular weight excluding hydrogens is 396 g/mol. The van der Waals surface area contributed by atoms with Gasteiger partial charge in [-0.25, -0.2) is 4.68 Å². The van der Waals surface area contributed by atoms with Crippen molar-refractivity contribution in [3.05, 3.63) is 59.8 Å². The number of carbonyl (C=O) groups is 3. The fourth-order valence-electron chi connectivity index (χ4n) is 3.68. The fourth-order valence-corrected chi connectivity index (χ4v) is 3.68. The lowest BCUT2D eigenvalue weighted by Crippen LogP contribution is -2.23. The predicted octanol–water partition coefficient (Wildman–Crippen LogP) is 3.59. The second-order valence-electron chi connectivity index (χ2n) is 7.38. The highest BCUT2D eigenvalue weighted by atomic mass is 16.5. The summed E-state index contributed by atoms with van der Waals surface area (Å²) in [6.07, 6.45) is -0.0635. The largest absolute Gasteiger partial charge is 0.497 e. The molecule has 2 heterocycles. The monoisotopic (exact) mass is 418 g/mol. The zero-order valence-corrected chi connectivity index (χ0v) is 17.4. The summed E-state index contributed by atoms with van der Waals surface area (Å²) in [6, 6.07) is 13.4. The first-order valence-electron chi connectivity index (χ1n) is 9.82. The summed E-state index contributed by atoms with van der Waals surface area (Å²) in [4.78, 5) is 36.6. The third-order valence-corrected chi connectivity index (χ3v) is 5.24. The van der Waals surface area contributed by atoms with Crippen LogP contribution in [0.5, 0.6) is 5.75 Å². The van der Waals surface area contributed by atoms with Crippen molar-refractivity contribution >= 4 is 29.1 Å². The summed E-state index contributed by atoms with van der Waals surface area (Å²) >= 11 is 0. The number of nitrogens with one attached hydrogen (secondary N) is 2. The maximum Gasteiger partial charge on any atom is 0.251 e. The van der Waals surface area contributed by atoms with Crippen LogP contribution in [0.25, 0.3) is 11.1 Å². The number of rotatable bonds is 6. The molecule has 2 N–H and O–H groups in total. The number of hydrogen-bond acceptors (Lipinski definition) is 5. The molecule has 1 unspecified atom stereocenters. The number of ketones is 1. The number of hydrogen-bond donors (Lipinski definition) is 2. The molecule has 1 aliphatic rings. The van der Waals surface area contributed by atoms with Gasteiger partial charge in [-0.05, 0) is 55.8 Å². The predicted molar refractivity (Wildman–Crippen MR) is 116 cm³/mol. The summed E-state index contributed by atoms with van der Waals surface area (Å²) in [5, 5.41) is 10.2. The number of methoxy groups -OCH3 is 1. The molecular formula is C23H22N4O4. The zero-order chi connectivity index (χ0) is 22.1. The average molecular weight is 418 g/mol. The van der Waals surface area contributed by atoms with Crippen LogP contribution in [-0.4, -0.2) is 34.5 Å². The molecule has 2 aromatic carbocycles. The minimum absolute atomic E-state index is 0.0473. The highest BCUT2D eigenvalue weighted by Crippen LogP contribution is 2.39. The van der Waals surface area contributed by atoms with Crippen molar-refractivity contribution in [3.63, 3.8) is 0 Å². The summed E-state index contributed by atoms with van der Waals surface area (Å²) in [7, 11) is 1.60. The van der Waals surface area contributed by atoms with E-state index in [2.05, 4.69) is 15.7 Å². The lowest BCUT2D eigenvalue weighted by Gasteiger charge is -2.10. The number of fused-ring (bicyclic) bond motifs is 1. The number of aromatic nitrogens is 2. The summed E-state index contributed by atoms with van der Waals surface area (Å²) in [6.45, 7) is 3.34. The third-order valence-electron chi connectivity index (χ3n) is 5.24. The van der Waals surface area contributed by atoms with Crippen LogP contribution in [0.15, 0.2) is 48.5 Å². The van der Waals surface area contributed by atoms with Crippen molar-refractivity contribution in [2.24, 2.45) is 0 Å². The van der Waals surface area contributed by atoms with E-state index in [1.165, 1.54) is 6.92 Å². The summed E-state index contributed by atoms with van der Waals surface area (Å²) < 4.78 is 6.87. The van der Waals surface area contributed by atoms with Crippen molar-refractivity contribution in [3.8, 4) is 16.9 Å². The number of nitrogens with zero attached hydrogens (tertiary/aromatic N) is 2. The molecule has 8 nitrogen and oxygen atoms in total. The molecule has 4 rings (SSSR count). The molecule has 8 heteroatoms. The van der Waals surface area contributed by atoms with Gasteiger partial charge in [0.05, 0.1) is 19.2 Å². The highest BCUT2D eigenvalue weighted by Gasteiger charge is 2.36. The van der Waals surface area contributed by atoms with Crippen LogP contribution < -0.4 is 15.4 Å². The standard InChI is InChI=1S/C23H22N4O4/c1-13-21(16-5-4-6-18(11-16)31-3)22-25-23(30)19(27(22)26-13)12-20(29)24-17-9-7-15(8-10-17)14(2)28/h4-11,19H,12H2,1-3H3,(H,24,29)(H,25,30). The Morgan fingerprint density at radius 1 is 1.19 bits per heavy atom. The van der Waals surface area contributed by atoms with Crippen LogP contribution in [0.3, 0.4) is 0 Å². The maximum absolute atomic E-state index is 12.6. The van der Waals surface area contributed by atoms with Gasteiger partial charge in [-0.1, -0.05) is 12.1 Å². The Morgan fingerprint density at radius 2 is 1.94 bits per heavy atom. The first kappa shape index (κ1) is 20.3. The van der Waals surface area contributed by atoms with E-state index in [0.717, 1.165) is 16.8 Å². The number of ether oxygens (including phenoxy) is 1. The van der Waals surface area contributed by atoms with E-state index >= 15 is 0 Å². The van der Waals surface area contributed by atoms with Gasteiger partial charge in [0.1, 0.15) is 17.6 Å². The van der Waals surface area contributed by atoms with Crippen LogP contribution >= 0.6 is 0 Å². The van der Waals surface area contributed by atoms with E-state index in [-0.39, 0.29) is 24.0 Å². The van der Waals surface area contributed by atoms with Gasteiger partial charge in [0.15, 0.2) is 5.78 Å². The average Bonchev–Trinajstić information content (AvgIpc) is 3.22. The smallest absolute Gasteiger partial charge is 0.251 e. The van der Waals surface area contributed by atoms with E-state index in [9.17, 15) is 14.4 Å². The molecule has 3 aromatic rings. The molecule has 31 heavy (non-hydrogen) atoms. The van der Waals surface area contributed by atoms with Crippen molar-refractivity contribution in [1.29, 1.82) is 0 Å². The van der Waals surface area contributed by atoms with Crippen LogP contribution in [0.1, 0.15) is 35.4 Å². The lowest BCUT2D eigenvalue weighted by molar-refractivity contribution is -0.123. The minimum Gasteiger partial charge on any atom is -0.497 e. The molecule has 1 aromatic heterocycles. The molecule has 1 atom stereocenters. The Balaban J connectivity index is 1.55. The number of benzene rings is 2. The van der Waals surface area contributed by atoms with E-state index in [1.54, 1.807) is 36.1 Å². The number of carbonyl (C=O) groups excluding carboxylic acids is 3. The van der Waals surface area contributed by atoms with Crippen LogP contribution in [-0.2, 0) is 9.59 Å². The number of amides is 2. The van der Waals surface area contributed by atoms with Crippen LogP contribution in [0, 0.1) is 6.92 Å². The second-order valence-corrected chi connectivity index (χ2v) is 7.38. The maximum atomic E-state index is 12.6. The van der Waals surface area contributed by atoms with Crippen molar-refractivity contribution in [2.75, 3.05) is 17.7 Å². The zero-order valence-electron chi connectivity index (χ0n) is 17.4. The molecule has 0 fully saturated rings. The quantitative estimate of drug-likeness (QED) is 0.596. The SMILES string of the molecule is COc1cccc(-c2c(C)nn3c2NC(=O)C3CC(=O)Nc2ccc(C(C)=O)cc2)c1. The molecule has 0 bridgehead atoms.